The second-order valence-corrected chi connectivity index (χ2v) is 18.5. The molecule has 0 N–H and O–H groups in total. The summed E-state index contributed by atoms with van der Waals surface area (Å²) in [6.45, 7) is 9.02. The standard InChI is InChI=1S/C62H96N2.Ni/c1-5-9-13-15-17-19-21-23-24-25-26-27-28-29-30-32-34-36-38-40-44-48-62(64-60-55-51-58(52-56-60)46-42-12-8-4)61(63-59-53-49-57(50-54-59)45-41-11-7-3)47-43-39-37-35-33-31-22-20-18-16-14-10-6-2;/h41-42,45-46,49-56H,5-40H2,1-4H3;. The van der Waals surface area contributed by atoms with E-state index in [2.05, 4.69) is 124 Å². The van der Waals surface area contributed by atoms with Crippen molar-refractivity contribution in [1.29, 1.82) is 0 Å². The van der Waals surface area contributed by atoms with Crippen molar-refractivity contribution in [1.82, 2.24) is 0 Å². The molecule has 0 saturated carbocycles. The maximum atomic E-state index is 5.14. The molecule has 0 atom stereocenters. The Morgan fingerprint density at radius 1 is 0.354 bits per heavy atom. The van der Waals surface area contributed by atoms with Crippen LogP contribution in [0.2, 0.25) is 0 Å². The molecular weight excluding hydrogens is 831 g/mol. The molecule has 0 bridgehead atoms. The fourth-order valence-electron chi connectivity index (χ4n) is 8.09. The topological polar surface area (TPSA) is 24.7 Å². The number of aliphatic imine (C=N–C) groups is 2. The zero-order valence-corrected chi connectivity index (χ0v) is 43.6. The summed E-state index contributed by atoms with van der Waals surface area (Å²) in [4.78, 5) is 10.3. The molecule has 0 spiro atoms. The minimum atomic E-state index is 0. The van der Waals surface area contributed by atoms with E-state index in [-0.39, 0.29) is 16.5 Å². The zero-order chi connectivity index (χ0) is 45.6. The third kappa shape index (κ3) is 35.7. The van der Waals surface area contributed by atoms with E-state index in [0.717, 1.165) is 62.7 Å². The maximum Gasteiger partial charge on any atom is 0.148 e. The number of hydrogen-bond donors (Lipinski definition) is 0. The van der Waals surface area contributed by atoms with Gasteiger partial charge in [0, 0.05) is 29.3 Å². The van der Waals surface area contributed by atoms with Crippen LogP contribution in [-0.4, -0.2) is 11.4 Å². The molecule has 0 fully saturated rings. The number of benzene rings is 2. The van der Waals surface area contributed by atoms with Gasteiger partial charge in [0.1, 0.15) is 11.4 Å². The van der Waals surface area contributed by atoms with Crippen molar-refractivity contribution in [3.8, 4) is 23.7 Å². The van der Waals surface area contributed by atoms with Gasteiger partial charge in [0.25, 0.3) is 0 Å². The molecule has 0 aliphatic carbocycles. The van der Waals surface area contributed by atoms with E-state index < -0.39 is 0 Å². The molecule has 65 heavy (non-hydrogen) atoms. The zero-order valence-electron chi connectivity index (χ0n) is 42.6. The number of unbranched alkanes of at least 4 members (excludes halogenated alkanes) is 32. The number of allylic oxidation sites excluding steroid dienone is 2. The largest absolute Gasteiger partial charge is 0.237 e. The molecule has 0 aromatic heterocycles. The first-order chi connectivity index (χ1) is 31.7. The van der Waals surface area contributed by atoms with Crippen molar-refractivity contribution in [3.05, 3.63) is 71.8 Å². The normalized spacial score (nSPS) is 11.8. The maximum absolute atomic E-state index is 5.14. The predicted octanol–water partition coefficient (Wildman–Crippen LogP) is 20.7. The van der Waals surface area contributed by atoms with Gasteiger partial charge in [-0.25, -0.2) is 9.98 Å². The van der Waals surface area contributed by atoms with E-state index in [0.29, 0.717) is 11.4 Å². The molecule has 2 nitrogen and oxygen atoms in total. The van der Waals surface area contributed by atoms with E-state index >= 15 is 0 Å². The molecule has 0 aliphatic heterocycles. The number of rotatable bonds is 39. The summed E-state index contributed by atoms with van der Waals surface area (Å²) in [5, 5.41) is 0. The Kier molecular flexibility index (Phi) is 42.4. The van der Waals surface area contributed by atoms with E-state index in [1.165, 1.54) is 191 Å². The van der Waals surface area contributed by atoms with Gasteiger partial charge in [0.05, 0.1) is 11.4 Å². The summed E-state index contributed by atoms with van der Waals surface area (Å²) >= 11 is 0. The fraction of sp³-hybridized carbons (Fsp3) is 0.645. The predicted molar refractivity (Wildman–Crippen MR) is 290 cm³/mol. The Bertz CT molecular complexity index is 1620. The number of hydrogen-bond acceptors (Lipinski definition) is 2. The molecule has 0 unspecified atom stereocenters. The number of nitrogens with zero attached hydrogens (tertiary/aromatic N) is 2. The fourth-order valence-corrected chi connectivity index (χ4v) is 8.09. The van der Waals surface area contributed by atoms with Crippen LogP contribution in [0.25, 0.3) is 12.2 Å². The van der Waals surface area contributed by atoms with Crippen LogP contribution >= 0.6 is 0 Å². The third-order valence-electron chi connectivity index (χ3n) is 12.2. The molecule has 0 heterocycles. The molecule has 0 amide bonds. The van der Waals surface area contributed by atoms with Gasteiger partial charge >= 0.3 is 0 Å². The molecule has 3 heteroatoms. The quantitative estimate of drug-likeness (QED) is 0.0276. The van der Waals surface area contributed by atoms with Gasteiger partial charge < -0.3 is 0 Å². The van der Waals surface area contributed by atoms with Crippen molar-refractivity contribution in [2.75, 3.05) is 0 Å². The monoisotopic (exact) mass is 927 g/mol. The molecule has 0 saturated heterocycles. The average Bonchev–Trinajstić information content (AvgIpc) is 3.31. The minimum Gasteiger partial charge on any atom is -0.237 e. The van der Waals surface area contributed by atoms with Crippen LogP contribution in [0.5, 0.6) is 0 Å². The van der Waals surface area contributed by atoms with Crippen molar-refractivity contribution in [2.45, 2.75) is 259 Å². The van der Waals surface area contributed by atoms with Crippen molar-refractivity contribution in [2.24, 2.45) is 9.98 Å². The van der Waals surface area contributed by atoms with E-state index in [4.69, 9.17) is 9.98 Å². The molecule has 2 rings (SSSR count). The summed E-state index contributed by atoms with van der Waals surface area (Å²) in [7, 11) is 0. The van der Waals surface area contributed by atoms with Crippen molar-refractivity contribution < 1.29 is 16.5 Å². The van der Waals surface area contributed by atoms with Gasteiger partial charge in [-0.3, -0.25) is 0 Å². The summed E-state index contributed by atoms with van der Waals surface area (Å²) in [5.41, 5.74) is 5.50. The Morgan fingerprint density at radius 2 is 0.615 bits per heavy atom. The van der Waals surface area contributed by atoms with Crippen LogP contribution in [0.4, 0.5) is 11.4 Å². The van der Waals surface area contributed by atoms with Crippen LogP contribution in [0, 0.1) is 23.7 Å². The SMILES string of the molecule is CCCC=Cc1ccc(N=C(C#CCCCCCCCCCCCCC)C(C#CCCCCCCCCCCCCCCCCCCCCC)=Nc2ccc(C=CCCC)cc2)cc1.[Ni]. The molecule has 2 aromatic carbocycles. The van der Waals surface area contributed by atoms with Gasteiger partial charge in [-0.15, -0.1) is 0 Å². The first-order valence-electron chi connectivity index (χ1n) is 27.4. The first kappa shape index (κ1) is 59.9. The first-order valence-corrected chi connectivity index (χ1v) is 27.4. The summed E-state index contributed by atoms with van der Waals surface area (Å²) in [6.07, 6.45) is 56.3. The van der Waals surface area contributed by atoms with Crippen molar-refractivity contribution >= 4 is 35.0 Å². The summed E-state index contributed by atoms with van der Waals surface area (Å²) in [5.74, 6) is 14.0. The van der Waals surface area contributed by atoms with Gasteiger partial charge in [0.2, 0.25) is 0 Å². The molecular formula is C62H96N2Ni. The van der Waals surface area contributed by atoms with Gasteiger partial charge in [-0.05, 0) is 72.9 Å². The van der Waals surface area contributed by atoms with Crippen LogP contribution in [0.1, 0.15) is 270 Å². The van der Waals surface area contributed by atoms with Gasteiger partial charge in [0.15, 0.2) is 0 Å². The van der Waals surface area contributed by atoms with Crippen LogP contribution in [-0.2, 0) is 16.5 Å². The smallest absolute Gasteiger partial charge is 0.148 e. The van der Waals surface area contributed by atoms with Crippen molar-refractivity contribution in [3.63, 3.8) is 0 Å². The summed E-state index contributed by atoms with van der Waals surface area (Å²) < 4.78 is 0. The molecule has 2 aromatic rings. The molecule has 0 aliphatic rings. The molecule has 364 valence electrons. The minimum absolute atomic E-state index is 0. The Hall–Kier alpha value is -3.13. The van der Waals surface area contributed by atoms with E-state index in [1.807, 2.05) is 0 Å². The molecule has 0 radical (unpaired) electrons. The Labute approximate surface area is 413 Å². The van der Waals surface area contributed by atoms with E-state index in [1.54, 1.807) is 0 Å². The second kappa shape index (κ2) is 46.0. The van der Waals surface area contributed by atoms with Crippen LogP contribution in [0.15, 0.2) is 70.7 Å². The van der Waals surface area contributed by atoms with Gasteiger partial charge in [-0.1, -0.05) is 281 Å². The Morgan fingerprint density at radius 3 is 0.877 bits per heavy atom. The Balaban J connectivity index is 0.0000211. The van der Waals surface area contributed by atoms with Gasteiger partial charge in [-0.2, -0.15) is 0 Å². The van der Waals surface area contributed by atoms with E-state index in [9.17, 15) is 0 Å². The van der Waals surface area contributed by atoms with Crippen LogP contribution < -0.4 is 0 Å². The second-order valence-electron chi connectivity index (χ2n) is 18.5. The third-order valence-corrected chi connectivity index (χ3v) is 12.2. The average molecular weight is 928 g/mol. The summed E-state index contributed by atoms with van der Waals surface area (Å²) in [6, 6.07) is 17.0. The van der Waals surface area contributed by atoms with Crippen LogP contribution in [0.3, 0.4) is 0 Å².